The zero-order valence-electron chi connectivity index (χ0n) is 8.52. The Kier molecular flexibility index (Phi) is 2.95. The molecule has 0 aliphatic heterocycles. The molecule has 0 atom stereocenters. The van der Waals surface area contributed by atoms with Gasteiger partial charge in [-0.05, 0) is 24.3 Å². The second-order valence-corrected chi connectivity index (χ2v) is 3.29. The number of anilines is 2. The van der Waals surface area contributed by atoms with Crippen molar-refractivity contribution >= 4 is 11.4 Å². The summed E-state index contributed by atoms with van der Waals surface area (Å²) in [6, 6.07) is 5.99. The van der Waals surface area contributed by atoms with Crippen LogP contribution >= 0.6 is 0 Å². The van der Waals surface area contributed by atoms with Gasteiger partial charge in [0, 0.05) is 6.20 Å². The number of aromatic nitrogens is 2. The van der Waals surface area contributed by atoms with Crippen LogP contribution in [-0.2, 0) is 6.54 Å². The van der Waals surface area contributed by atoms with E-state index >= 15 is 0 Å². The molecule has 1 heterocycles. The Morgan fingerprint density at radius 3 is 2.94 bits per heavy atom. The van der Waals surface area contributed by atoms with E-state index in [4.69, 9.17) is 5.73 Å². The number of halogens is 1. The first-order valence-corrected chi connectivity index (χ1v) is 4.79. The first-order valence-electron chi connectivity index (χ1n) is 4.79. The molecule has 0 amide bonds. The smallest absolute Gasteiger partial charge is 0.125 e. The Balaban J connectivity index is 2.08. The van der Waals surface area contributed by atoms with Gasteiger partial charge in [-0.3, -0.25) is 0 Å². The molecule has 0 radical (unpaired) electrons. The lowest BCUT2D eigenvalue weighted by molar-refractivity contribution is 0.628. The summed E-state index contributed by atoms with van der Waals surface area (Å²) >= 11 is 0. The quantitative estimate of drug-likeness (QED) is 0.771. The zero-order valence-corrected chi connectivity index (χ0v) is 8.52. The van der Waals surface area contributed by atoms with Crippen LogP contribution in [0.15, 0.2) is 36.8 Å². The highest BCUT2D eigenvalue weighted by atomic mass is 19.1. The number of nitrogen functional groups attached to an aromatic ring is 1. The molecule has 5 heteroatoms. The molecule has 0 saturated carbocycles. The maximum atomic E-state index is 13.0. The third-order valence-corrected chi connectivity index (χ3v) is 2.12. The summed E-state index contributed by atoms with van der Waals surface area (Å²) < 4.78 is 13.0. The van der Waals surface area contributed by atoms with E-state index in [1.165, 1.54) is 24.5 Å². The van der Waals surface area contributed by atoms with Crippen molar-refractivity contribution in [2.45, 2.75) is 6.54 Å². The predicted octanol–water partition coefficient (Wildman–Crippen LogP) is 1.81. The average molecular weight is 218 g/mol. The zero-order chi connectivity index (χ0) is 11.4. The SMILES string of the molecule is Nc1ccc(F)cc1NCc1ccncn1. The number of nitrogens with zero attached hydrogens (tertiary/aromatic N) is 2. The molecule has 4 nitrogen and oxygen atoms in total. The van der Waals surface area contributed by atoms with Crippen molar-refractivity contribution in [1.29, 1.82) is 0 Å². The molecule has 82 valence electrons. The molecule has 0 spiro atoms. The molecule has 0 fully saturated rings. The third-order valence-electron chi connectivity index (χ3n) is 2.12. The molecule has 0 aliphatic carbocycles. The van der Waals surface area contributed by atoms with Crippen molar-refractivity contribution in [3.63, 3.8) is 0 Å². The fourth-order valence-electron chi connectivity index (χ4n) is 1.29. The highest BCUT2D eigenvalue weighted by Crippen LogP contribution is 2.19. The van der Waals surface area contributed by atoms with Crippen molar-refractivity contribution < 1.29 is 4.39 Å². The average Bonchev–Trinajstić information content (AvgIpc) is 2.32. The minimum atomic E-state index is -0.320. The molecule has 16 heavy (non-hydrogen) atoms. The fraction of sp³-hybridized carbons (Fsp3) is 0.0909. The molecule has 2 rings (SSSR count). The number of benzene rings is 1. The molecular formula is C11H11FN4. The summed E-state index contributed by atoms with van der Waals surface area (Å²) in [6.07, 6.45) is 3.12. The van der Waals surface area contributed by atoms with Gasteiger partial charge in [0.05, 0.1) is 23.6 Å². The molecule has 0 aliphatic rings. The normalized spacial score (nSPS) is 10.1. The summed E-state index contributed by atoms with van der Waals surface area (Å²) in [7, 11) is 0. The molecule has 1 aromatic heterocycles. The van der Waals surface area contributed by atoms with E-state index in [-0.39, 0.29) is 5.82 Å². The summed E-state index contributed by atoms with van der Waals surface area (Å²) in [5, 5.41) is 3.01. The Labute approximate surface area is 92.3 Å². The number of nitrogens with two attached hydrogens (primary N) is 1. The van der Waals surface area contributed by atoms with Crippen LogP contribution in [0.1, 0.15) is 5.69 Å². The monoisotopic (exact) mass is 218 g/mol. The van der Waals surface area contributed by atoms with Crippen molar-refractivity contribution in [1.82, 2.24) is 9.97 Å². The van der Waals surface area contributed by atoms with Crippen molar-refractivity contribution in [3.8, 4) is 0 Å². The third kappa shape index (κ3) is 2.44. The van der Waals surface area contributed by atoms with Gasteiger partial charge in [0.2, 0.25) is 0 Å². The molecule has 2 aromatic rings. The van der Waals surface area contributed by atoms with E-state index in [0.717, 1.165) is 5.69 Å². The van der Waals surface area contributed by atoms with Gasteiger partial charge in [0.15, 0.2) is 0 Å². The van der Waals surface area contributed by atoms with E-state index < -0.39 is 0 Å². The lowest BCUT2D eigenvalue weighted by atomic mass is 10.2. The van der Waals surface area contributed by atoms with Crippen LogP contribution in [0.4, 0.5) is 15.8 Å². The second kappa shape index (κ2) is 4.57. The number of rotatable bonds is 3. The topological polar surface area (TPSA) is 63.8 Å². The fourth-order valence-corrected chi connectivity index (χ4v) is 1.29. The summed E-state index contributed by atoms with van der Waals surface area (Å²) in [5.74, 6) is -0.320. The van der Waals surface area contributed by atoms with Crippen molar-refractivity contribution in [2.24, 2.45) is 0 Å². The minimum Gasteiger partial charge on any atom is -0.397 e. The predicted molar refractivity (Wildman–Crippen MR) is 60.2 cm³/mol. The van der Waals surface area contributed by atoms with E-state index in [1.807, 2.05) is 0 Å². The molecular weight excluding hydrogens is 207 g/mol. The first-order chi connectivity index (χ1) is 7.75. The van der Waals surface area contributed by atoms with Gasteiger partial charge in [-0.1, -0.05) is 0 Å². The van der Waals surface area contributed by atoms with Crippen LogP contribution in [0.3, 0.4) is 0 Å². The summed E-state index contributed by atoms with van der Waals surface area (Å²) in [4.78, 5) is 7.85. The van der Waals surface area contributed by atoms with Crippen LogP contribution in [-0.4, -0.2) is 9.97 Å². The number of nitrogens with one attached hydrogen (secondary N) is 1. The van der Waals surface area contributed by atoms with Gasteiger partial charge in [-0.25, -0.2) is 14.4 Å². The van der Waals surface area contributed by atoms with Crippen molar-refractivity contribution in [3.05, 3.63) is 48.3 Å². The standard InChI is InChI=1S/C11H11FN4/c12-8-1-2-10(13)11(5-8)15-6-9-3-4-14-7-16-9/h1-5,7,15H,6,13H2. The molecule has 3 N–H and O–H groups in total. The Bertz CT molecular complexity index is 473. The van der Waals surface area contributed by atoms with Crippen LogP contribution in [0.2, 0.25) is 0 Å². The van der Waals surface area contributed by atoms with Gasteiger partial charge in [0.1, 0.15) is 12.1 Å². The molecule has 0 saturated heterocycles. The van der Waals surface area contributed by atoms with Gasteiger partial charge >= 0.3 is 0 Å². The largest absolute Gasteiger partial charge is 0.397 e. The Morgan fingerprint density at radius 2 is 2.19 bits per heavy atom. The van der Waals surface area contributed by atoms with E-state index in [9.17, 15) is 4.39 Å². The molecule has 0 bridgehead atoms. The minimum absolute atomic E-state index is 0.320. The maximum Gasteiger partial charge on any atom is 0.125 e. The molecule has 0 unspecified atom stereocenters. The lowest BCUT2D eigenvalue weighted by Gasteiger charge is -2.08. The van der Waals surface area contributed by atoms with Gasteiger partial charge < -0.3 is 11.1 Å². The van der Waals surface area contributed by atoms with Gasteiger partial charge in [-0.2, -0.15) is 0 Å². The first kappa shape index (κ1) is 10.4. The lowest BCUT2D eigenvalue weighted by Crippen LogP contribution is -2.04. The van der Waals surface area contributed by atoms with Gasteiger partial charge in [0.25, 0.3) is 0 Å². The number of hydrogen-bond acceptors (Lipinski definition) is 4. The van der Waals surface area contributed by atoms with Crippen LogP contribution in [0, 0.1) is 5.82 Å². The second-order valence-electron chi connectivity index (χ2n) is 3.29. The highest BCUT2D eigenvalue weighted by Gasteiger charge is 2.01. The van der Waals surface area contributed by atoms with E-state index in [2.05, 4.69) is 15.3 Å². The van der Waals surface area contributed by atoms with Crippen LogP contribution in [0.25, 0.3) is 0 Å². The van der Waals surface area contributed by atoms with Gasteiger partial charge in [-0.15, -0.1) is 0 Å². The molecule has 1 aromatic carbocycles. The highest BCUT2D eigenvalue weighted by molar-refractivity contribution is 5.65. The Hall–Kier alpha value is -2.17. The summed E-state index contributed by atoms with van der Waals surface area (Å²) in [6.45, 7) is 0.482. The summed E-state index contributed by atoms with van der Waals surface area (Å²) in [5.41, 5.74) is 7.59. The van der Waals surface area contributed by atoms with Crippen LogP contribution < -0.4 is 11.1 Å². The van der Waals surface area contributed by atoms with Crippen molar-refractivity contribution in [2.75, 3.05) is 11.1 Å². The maximum absolute atomic E-state index is 13.0. The van der Waals surface area contributed by atoms with E-state index in [0.29, 0.717) is 17.9 Å². The van der Waals surface area contributed by atoms with E-state index in [1.54, 1.807) is 12.3 Å². The van der Waals surface area contributed by atoms with Crippen LogP contribution in [0.5, 0.6) is 0 Å². The Morgan fingerprint density at radius 1 is 1.31 bits per heavy atom. The number of hydrogen-bond donors (Lipinski definition) is 2.